The molecule has 0 radical (unpaired) electrons. The Bertz CT molecular complexity index is 521. The highest BCUT2D eigenvalue weighted by Gasteiger charge is 2.26. The van der Waals surface area contributed by atoms with E-state index in [-0.39, 0.29) is 12.5 Å². The minimum Gasteiger partial charge on any atom is -0.384 e. The van der Waals surface area contributed by atoms with Gasteiger partial charge in [0.1, 0.15) is 6.61 Å². The molecule has 2 rings (SSSR count). The van der Waals surface area contributed by atoms with E-state index in [9.17, 15) is 4.79 Å². The average Bonchev–Trinajstić information content (AvgIpc) is 3.00. The van der Waals surface area contributed by atoms with Gasteiger partial charge in [0, 0.05) is 23.7 Å². The zero-order valence-electron chi connectivity index (χ0n) is 11.9. The molecule has 1 N–H and O–H groups in total. The molecular weight excluding hydrogens is 250 g/mol. The summed E-state index contributed by atoms with van der Waals surface area (Å²) in [5.41, 5.74) is 1.45. The number of hydrogen-bond acceptors (Lipinski definition) is 2. The van der Waals surface area contributed by atoms with Crippen LogP contribution >= 0.6 is 0 Å². The van der Waals surface area contributed by atoms with Gasteiger partial charge in [-0.2, -0.15) is 0 Å². The lowest BCUT2D eigenvalue weighted by molar-refractivity contribution is 0.0693. The van der Waals surface area contributed by atoms with Crippen LogP contribution in [0.4, 0.5) is 0 Å². The summed E-state index contributed by atoms with van der Waals surface area (Å²) in [4.78, 5) is 14.6. The lowest BCUT2D eigenvalue weighted by Crippen LogP contribution is -2.38. The number of carbonyl (C=O) groups is 1. The second kappa shape index (κ2) is 7.12. The third-order valence-electron chi connectivity index (χ3n) is 3.79. The lowest BCUT2D eigenvalue weighted by Gasteiger charge is -2.27. The van der Waals surface area contributed by atoms with E-state index in [0.717, 1.165) is 24.9 Å². The molecule has 3 heteroatoms. The Morgan fingerprint density at radius 1 is 1.40 bits per heavy atom. The Morgan fingerprint density at radius 2 is 2.15 bits per heavy atom. The van der Waals surface area contributed by atoms with Gasteiger partial charge in [0.25, 0.3) is 5.91 Å². The molecule has 0 aromatic heterocycles. The summed E-state index contributed by atoms with van der Waals surface area (Å²) in [6.45, 7) is 2.61. The van der Waals surface area contributed by atoms with Crippen LogP contribution in [-0.2, 0) is 0 Å². The van der Waals surface area contributed by atoms with E-state index in [1.54, 1.807) is 0 Å². The largest absolute Gasteiger partial charge is 0.384 e. The van der Waals surface area contributed by atoms with Crippen molar-refractivity contribution in [3.63, 3.8) is 0 Å². The summed E-state index contributed by atoms with van der Waals surface area (Å²) >= 11 is 0. The van der Waals surface area contributed by atoms with E-state index < -0.39 is 0 Å². The summed E-state index contributed by atoms with van der Waals surface area (Å²) < 4.78 is 0. The molecule has 1 amide bonds. The number of amides is 1. The van der Waals surface area contributed by atoms with Crippen LogP contribution in [-0.4, -0.2) is 35.1 Å². The van der Waals surface area contributed by atoms with Crippen LogP contribution in [0.3, 0.4) is 0 Å². The van der Waals surface area contributed by atoms with Crippen LogP contribution in [0.2, 0.25) is 0 Å². The van der Waals surface area contributed by atoms with Gasteiger partial charge in [0.15, 0.2) is 0 Å². The minimum absolute atomic E-state index is 0.0899. The number of benzene rings is 1. The molecule has 0 aliphatic heterocycles. The summed E-state index contributed by atoms with van der Waals surface area (Å²) in [7, 11) is 0. The number of carbonyl (C=O) groups excluding carboxylic acids is 1. The lowest BCUT2D eigenvalue weighted by atomic mass is 10.1. The summed E-state index contributed by atoms with van der Waals surface area (Å²) in [5.74, 6) is 5.54. The van der Waals surface area contributed by atoms with E-state index >= 15 is 0 Å². The number of hydrogen-bond donors (Lipinski definition) is 1. The molecule has 0 unspecified atom stereocenters. The van der Waals surface area contributed by atoms with Gasteiger partial charge in [-0.25, -0.2) is 0 Å². The van der Waals surface area contributed by atoms with Crippen molar-refractivity contribution in [3.05, 3.63) is 35.4 Å². The fourth-order valence-corrected chi connectivity index (χ4v) is 2.82. The first-order chi connectivity index (χ1) is 9.76. The maximum Gasteiger partial charge on any atom is 0.254 e. The maximum atomic E-state index is 12.6. The fourth-order valence-electron chi connectivity index (χ4n) is 2.82. The van der Waals surface area contributed by atoms with Crippen LogP contribution < -0.4 is 0 Å². The highest BCUT2D eigenvalue weighted by atomic mass is 16.2. The van der Waals surface area contributed by atoms with Crippen molar-refractivity contribution < 1.29 is 9.90 Å². The Balaban J connectivity index is 2.18. The molecule has 0 bridgehead atoms. The third kappa shape index (κ3) is 3.40. The molecule has 1 aliphatic carbocycles. The molecule has 20 heavy (non-hydrogen) atoms. The third-order valence-corrected chi connectivity index (χ3v) is 3.79. The summed E-state index contributed by atoms with van der Waals surface area (Å²) in [6, 6.07) is 7.73. The quantitative estimate of drug-likeness (QED) is 0.858. The second-order valence-electron chi connectivity index (χ2n) is 5.07. The van der Waals surface area contributed by atoms with Crippen molar-refractivity contribution in [1.29, 1.82) is 0 Å². The average molecular weight is 271 g/mol. The molecule has 3 nitrogen and oxygen atoms in total. The van der Waals surface area contributed by atoms with Gasteiger partial charge in [-0.05, 0) is 38.0 Å². The first-order valence-electron chi connectivity index (χ1n) is 7.27. The van der Waals surface area contributed by atoms with E-state index in [4.69, 9.17) is 5.11 Å². The SMILES string of the molecule is CCN(C(=O)c1cccc(C#CCO)c1)C1CCCC1. The van der Waals surface area contributed by atoms with Crippen LogP contribution in [0.1, 0.15) is 48.5 Å². The Morgan fingerprint density at radius 3 is 2.80 bits per heavy atom. The fraction of sp³-hybridized carbons (Fsp3) is 0.471. The van der Waals surface area contributed by atoms with Crippen LogP contribution in [0, 0.1) is 11.8 Å². The van der Waals surface area contributed by atoms with E-state index in [0.29, 0.717) is 11.6 Å². The van der Waals surface area contributed by atoms with Gasteiger partial charge < -0.3 is 10.0 Å². The van der Waals surface area contributed by atoms with Crippen molar-refractivity contribution >= 4 is 5.91 Å². The maximum absolute atomic E-state index is 12.6. The van der Waals surface area contributed by atoms with Crippen molar-refractivity contribution in [3.8, 4) is 11.8 Å². The van der Waals surface area contributed by atoms with Crippen LogP contribution in [0.5, 0.6) is 0 Å². The van der Waals surface area contributed by atoms with Crippen LogP contribution in [0.15, 0.2) is 24.3 Å². The Kier molecular flexibility index (Phi) is 5.20. The molecule has 1 saturated carbocycles. The normalized spacial score (nSPS) is 14.7. The Labute approximate surface area is 120 Å². The van der Waals surface area contributed by atoms with Gasteiger partial charge in [0.05, 0.1) is 0 Å². The topological polar surface area (TPSA) is 40.5 Å². The number of nitrogens with zero attached hydrogens (tertiary/aromatic N) is 1. The molecule has 0 heterocycles. The van der Waals surface area contributed by atoms with E-state index in [1.165, 1.54) is 12.8 Å². The Hall–Kier alpha value is -1.79. The van der Waals surface area contributed by atoms with Crippen LogP contribution in [0.25, 0.3) is 0 Å². The molecular formula is C17H21NO2. The highest BCUT2D eigenvalue weighted by molar-refractivity contribution is 5.94. The van der Waals surface area contributed by atoms with Crippen molar-refractivity contribution in [2.45, 2.75) is 38.6 Å². The number of aliphatic hydroxyl groups is 1. The molecule has 0 atom stereocenters. The summed E-state index contributed by atoms with van der Waals surface area (Å²) in [6.07, 6.45) is 4.67. The first kappa shape index (κ1) is 14.6. The van der Waals surface area contributed by atoms with E-state index in [2.05, 4.69) is 11.8 Å². The zero-order chi connectivity index (χ0) is 14.4. The smallest absolute Gasteiger partial charge is 0.254 e. The molecule has 106 valence electrons. The molecule has 1 aromatic rings. The zero-order valence-corrected chi connectivity index (χ0v) is 11.9. The molecule has 1 aromatic carbocycles. The van der Waals surface area contributed by atoms with Gasteiger partial charge in [-0.1, -0.05) is 30.7 Å². The van der Waals surface area contributed by atoms with Crippen molar-refractivity contribution in [1.82, 2.24) is 4.90 Å². The molecule has 1 fully saturated rings. The number of aliphatic hydroxyl groups excluding tert-OH is 1. The van der Waals surface area contributed by atoms with Crippen molar-refractivity contribution in [2.24, 2.45) is 0 Å². The summed E-state index contributed by atoms with van der Waals surface area (Å²) in [5, 5.41) is 8.73. The van der Waals surface area contributed by atoms with Gasteiger partial charge in [-0.15, -0.1) is 0 Å². The molecule has 1 aliphatic rings. The standard InChI is InChI=1S/C17H21NO2/c1-2-18(16-10-3-4-11-16)17(20)15-9-5-7-14(13-15)8-6-12-19/h5,7,9,13,16,19H,2-4,10-12H2,1H3. The highest BCUT2D eigenvalue weighted by Crippen LogP contribution is 2.24. The predicted molar refractivity (Wildman–Crippen MR) is 79.4 cm³/mol. The second-order valence-corrected chi connectivity index (χ2v) is 5.07. The van der Waals surface area contributed by atoms with Gasteiger partial charge in [0.2, 0.25) is 0 Å². The molecule has 0 spiro atoms. The minimum atomic E-state index is -0.165. The first-order valence-corrected chi connectivity index (χ1v) is 7.27. The van der Waals surface area contributed by atoms with Crippen molar-refractivity contribution in [2.75, 3.05) is 13.2 Å². The van der Waals surface area contributed by atoms with Gasteiger partial charge in [-0.3, -0.25) is 4.79 Å². The van der Waals surface area contributed by atoms with E-state index in [1.807, 2.05) is 36.1 Å². The monoisotopic (exact) mass is 271 g/mol. The predicted octanol–water partition coefficient (Wildman–Crippen LogP) is 2.44. The van der Waals surface area contributed by atoms with Gasteiger partial charge >= 0.3 is 0 Å². The number of rotatable bonds is 3. The molecule has 0 saturated heterocycles.